The molecule has 21 heavy (non-hydrogen) atoms. The van der Waals surface area contributed by atoms with Gasteiger partial charge < -0.3 is 4.90 Å². The Bertz CT molecular complexity index is 723. The molecule has 2 nitrogen and oxygen atoms in total. The number of thioether (sulfide) groups is 1. The van der Waals surface area contributed by atoms with Crippen molar-refractivity contribution in [3.63, 3.8) is 0 Å². The lowest BCUT2D eigenvalue weighted by atomic mass is 10.1. The summed E-state index contributed by atoms with van der Waals surface area (Å²) in [5, 5.41) is 0.527. The maximum Gasteiger partial charge on any atom is 0.258 e. The third-order valence-corrected chi connectivity index (χ3v) is 4.47. The van der Waals surface area contributed by atoms with Gasteiger partial charge in [-0.3, -0.25) is 4.79 Å². The van der Waals surface area contributed by atoms with E-state index in [1.165, 1.54) is 6.07 Å². The zero-order valence-electron chi connectivity index (χ0n) is 10.8. The van der Waals surface area contributed by atoms with Crippen LogP contribution in [0.25, 0.3) is 0 Å². The fraction of sp³-hybridized carbons (Fsp3) is 0.133. The minimum absolute atomic E-state index is 0.117. The summed E-state index contributed by atoms with van der Waals surface area (Å²) >= 11 is 7.61. The number of carbonyl (C=O) groups is 1. The van der Waals surface area contributed by atoms with E-state index in [0.717, 1.165) is 22.8 Å². The molecule has 1 aliphatic heterocycles. The molecule has 0 aromatic heterocycles. The van der Waals surface area contributed by atoms with Crippen LogP contribution in [-0.2, 0) is 0 Å². The van der Waals surface area contributed by atoms with Gasteiger partial charge in [0.15, 0.2) is 11.6 Å². The van der Waals surface area contributed by atoms with Crippen molar-refractivity contribution in [1.29, 1.82) is 0 Å². The number of carbonyl (C=O) groups excluding carboxylic acids is 1. The number of anilines is 1. The zero-order valence-corrected chi connectivity index (χ0v) is 12.3. The highest BCUT2D eigenvalue weighted by Crippen LogP contribution is 2.37. The van der Waals surface area contributed by atoms with Gasteiger partial charge in [-0.25, -0.2) is 8.78 Å². The predicted molar refractivity (Wildman–Crippen MR) is 80.2 cm³/mol. The molecule has 0 saturated heterocycles. The van der Waals surface area contributed by atoms with E-state index in [4.69, 9.17) is 11.6 Å². The van der Waals surface area contributed by atoms with E-state index in [1.54, 1.807) is 28.8 Å². The molecule has 1 aliphatic rings. The Labute approximate surface area is 129 Å². The number of fused-ring (bicyclic) bond motifs is 1. The van der Waals surface area contributed by atoms with Crippen molar-refractivity contribution >= 4 is 35.0 Å². The minimum atomic E-state index is -1.03. The summed E-state index contributed by atoms with van der Waals surface area (Å²) in [6.45, 7) is 0.496. The van der Waals surface area contributed by atoms with E-state index in [1.807, 2.05) is 6.07 Å². The number of hydrogen-bond acceptors (Lipinski definition) is 2. The summed E-state index contributed by atoms with van der Waals surface area (Å²) < 4.78 is 26.3. The topological polar surface area (TPSA) is 20.3 Å². The molecule has 1 heterocycles. The van der Waals surface area contributed by atoms with Gasteiger partial charge in [0.2, 0.25) is 0 Å². The zero-order chi connectivity index (χ0) is 15.0. The Hall–Kier alpha value is -1.59. The highest BCUT2D eigenvalue weighted by Gasteiger charge is 2.25. The average Bonchev–Trinajstić information content (AvgIpc) is 2.48. The maximum atomic E-state index is 13.3. The van der Waals surface area contributed by atoms with Crippen LogP contribution in [0.3, 0.4) is 0 Å². The first-order valence-corrected chi connectivity index (χ1v) is 7.62. The summed E-state index contributed by atoms with van der Waals surface area (Å²) in [7, 11) is 0. The fourth-order valence-corrected chi connectivity index (χ4v) is 3.33. The Morgan fingerprint density at radius 2 is 1.95 bits per heavy atom. The summed E-state index contributed by atoms with van der Waals surface area (Å²) in [6, 6.07) is 8.49. The van der Waals surface area contributed by atoms with Crippen molar-refractivity contribution in [3.05, 3.63) is 58.6 Å². The summed E-state index contributed by atoms with van der Waals surface area (Å²) in [5.74, 6) is -1.62. The molecule has 0 bridgehead atoms. The first-order valence-electron chi connectivity index (χ1n) is 6.25. The second-order valence-electron chi connectivity index (χ2n) is 4.55. The molecule has 1 amide bonds. The first-order chi connectivity index (χ1) is 10.1. The van der Waals surface area contributed by atoms with Crippen LogP contribution in [0.1, 0.15) is 10.4 Å². The van der Waals surface area contributed by atoms with Crippen molar-refractivity contribution < 1.29 is 13.6 Å². The molecule has 0 unspecified atom stereocenters. The molecule has 0 aliphatic carbocycles. The molecular weight excluding hydrogens is 316 g/mol. The van der Waals surface area contributed by atoms with Gasteiger partial charge in [-0.05, 0) is 36.4 Å². The average molecular weight is 326 g/mol. The molecular formula is C15H10ClF2NOS. The molecule has 2 aromatic carbocycles. The molecule has 2 aromatic rings. The highest BCUT2D eigenvalue weighted by atomic mass is 35.5. The van der Waals surface area contributed by atoms with Gasteiger partial charge in [0, 0.05) is 27.8 Å². The predicted octanol–water partition coefficient (Wildman–Crippen LogP) is 4.37. The summed E-state index contributed by atoms with van der Waals surface area (Å²) in [6.07, 6.45) is 0. The smallest absolute Gasteiger partial charge is 0.258 e. The lowest BCUT2D eigenvalue weighted by Gasteiger charge is -2.29. The van der Waals surface area contributed by atoms with Crippen LogP contribution in [0.5, 0.6) is 0 Å². The summed E-state index contributed by atoms with van der Waals surface area (Å²) in [4.78, 5) is 15.0. The lowest BCUT2D eigenvalue weighted by molar-refractivity contribution is 0.0987. The molecule has 3 rings (SSSR count). The Balaban J connectivity index is 1.99. The molecule has 0 radical (unpaired) electrons. The van der Waals surface area contributed by atoms with Gasteiger partial charge in [0.1, 0.15) is 0 Å². The number of nitrogens with zero attached hydrogens (tertiary/aromatic N) is 1. The number of benzene rings is 2. The van der Waals surface area contributed by atoms with Crippen molar-refractivity contribution in [3.8, 4) is 0 Å². The minimum Gasteiger partial charge on any atom is -0.306 e. The Morgan fingerprint density at radius 3 is 2.71 bits per heavy atom. The number of amides is 1. The van der Waals surface area contributed by atoms with Gasteiger partial charge in [-0.2, -0.15) is 0 Å². The molecule has 0 saturated carbocycles. The number of rotatable bonds is 1. The molecule has 0 N–H and O–H groups in total. The Morgan fingerprint density at radius 1 is 1.14 bits per heavy atom. The van der Waals surface area contributed by atoms with Crippen LogP contribution in [0.4, 0.5) is 14.5 Å². The number of halogens is 3. The highest BCUT2D eigenvalue weighted by molar-refractivity contribution is 7.99. The van der Waals surface area contributed by atoms with Crippen LogP contribution < -0.4 is 4.90 Å². The second-order valence-corrected chi connectivity index (χ2v) is 6.12. The molecule has 0 spiro atoms. The SMILES string of the molecule is O=C(c1ccc(F)c(F)c1)N1CCSc2ccc(Cl)cc21. The van der Waals surface area contributed by atoms with E-state index in [-0.39, 0.29) is 11.5 Å². The molecule has 0 fully saturated rings. The standard InChI is InChI=1S/C15H10ClF2NOS/c16-10-2-4-14-13(8-10)19(5-6-21-14)15(20)9-1-3-11(17)12(18)7-9/h1-4,7-8H,5-6H2. The van der Waals surface area contributed by atoms with Crippen molar-refractivity contribution in [1.82, 2.24) is 0 Å². The van der Waals surface area contributed by atoms with Gasteiger partial charge >= 0.3 is 0 Å². The monoisotopic (exact) mass is 325 g/mol. The number of hydrogen-bond donors (Lipinski definition) is 0. The van der Waals surface area contributed by atoms with Gasteiger partial charge in [-0.15, -0.1) is 11.8 Å². The van der Waals surface area contributed by atoms with Crippen LogP contribution >= 0.6 is 23.4 Å². The summed E-state index contributed by atoms with van der Waals surface area (Å²) in [5.41, 5.74) is 0.820. The van der Waals surface area contributed by atoms with E-state index in [2.05, 4.69) is 0 Å². The second kappa shape index (κ2) is 5.66. The maximum absolute atomic E-state index is 13.3. The molecule has 0 atom stereocenters. The molecule has 6 heteroatoms. The van der Waals surface area contributed by atoms with Crippen LogP contribution in [0, 0.1) is 11.6 Å². The van der Waals surface area contributed by atoms with Gasteiger partial charge in [-0.1, -0.05) is 11.6 Å². The molecule has 108 valence electrons. The van der Waals surface area contributed by atoms with Gasteiger partial charge in [0.05, 0.1) is 5.69 Å². The fourth-order valence-electron chi connectivity index (χ4n) is 2.19. The van der Waals surface area contributed by atoms with E-state index >= 15 is 0 Å². The van der Waals surface area contributed by atoms with Crippen LogP contribution in [-0.4, -0.2) is 18.2 Å². The van der Waals surface area contributed by atoms with Crippen molar-refractivity contribution in [2.75, 3.05) is 17.2 Å². The van der Waals surface area contributed by atoms with Crippen LogP contribution in [0.15, 0.2) is 41.3 Å². The van der Waals surface area contributed by atoms with E-state index in [9.17, 15) is 13.6 Å². The lowest BCUT2D eigenvalue weighted by Crippen LogP contribution is -2.35. The van der Waals surface area contributed by atoms with Crippen molar-refractivity contribution in [2.24, 2.45) is 0 Å². The normalized spacial score (nSPS) is 14.0. The Kier molecular flexibility index (Phi) is 3.87. The largest absolute Gasteiger partial charge is 0.306 e. The van der Waals surface area contributed by atoms with Crippen LogP contribution in [0.2, 0.25) is 5.02 Å². The quantitative estimate of drug-likeness (QED) is 0.776. The third kappa shape index (κ3) is 2.76. The van der Waals surface area contributed by atoms with Crippen molar-refractivity contribution in [2.45, 2.75) is 4.90 Å². The third-order valence-electron chi connectivity index (χ3n) is 3.20. The first kappa shape index (κ1) is 14.4. The van der Waals surface area contributed by atoms with E-state index in [0.29, 0.717) is 17.3 Å². The van der Waals surface area contributed by atoms with Gasteiger partial charge in [0.25, 0.3) is 5.91 Å². The van der Waals surface area contributed by atoms with E-state index < -0.39 is 11.6 Å².